The fourth-order valence-electron chi connectivity index (χ4n) is 11.5. The van der Waals surface area contributed by atoms with Crippen LogP contribution in [-0.2, 0) is 5.41 Å². The van der Waals surface area contributed by atoms with E-state index in [-0.39, 0.29) is 0 Å². The molecule has 1 aliphatic carbocycles. The van der Waals surface area contributed by atoms with Crippen LogP contribution in [0.3, 0.4) is 0 Å². The van der Waals surface area contributed by atoms with E-state index in [2.05, 4.69) is 259 Å². The molecule has 3 nitrogen and oxygen atoms in total. The Morgan fingerprint density at radius 3 is 1.70 bits per heavy atom. The van der Waals surface area contributed by atoms with Crippen molar-refractivity contribution in [1.29, 1.82) is 0 Å². The van der Waals surface area contributed by atoms with Gasteiger partial charge in [-0.15, -0.1) is 0 Å². The topological polar surface area (TPSA) is 17.4 Å². The van der Waals surface area contributed by atoms with E-state index in [0.717, 1.165) is 39.6 Å². The maximum absolute atomic E-state index is 5.52. The minimum absolute atomic E-state index is 0.503. The molecule has 12 aromatic rings. The first-order valence-electron chi connectivity index (χ1n) is 24.1. The summed E-state index contributed by atoms with van der Waals surface area (Å²) < 4.78 is 8.03. The van der Waals surface area contributed by atoms with E-state index in [9.17, 15) is 0 Å². The molecule has 0 unspecified atom stereocenters. The fourth-order valence-corrected chi connectivity index (χ4v) is 11.5. The van der Waals surface area contributed by atoms with Gasteiger partial charge in [-0.2, -0.15) is 0 Å². The summed E-state index contributed by atoms with van der Waals surface area (Å²) in [5, 5.41) is 4.98. The van der Waals surface area contributed by atoms with Gasteiger partial charge in [-0.25, -0.2) is 0 Å². The highest BCUT2D eigenvalue weighted by Gasteiger charge is 2.46. The molecule has 1 heterocycles. The van der Waals surface area contributed by atoms with Gasteiger partial charge in [0.15, 0.2) is 0 Å². The molecule has 0 fully saturated rings. The molecule has 1 aliphatic rings. The minimum Gasteiger partial charge on any atom is -0.497 e. The van der Waals surface area contributed by atoms with Gasteiger partial charge in [-0.3, -0.25) is 0 Å². The van der Waals surface area contributed by atoms with Crippen LogP contribution in [0.2, 0.25) is 0 Å². The highest BCUT2D eigenvalue weighted by molar-refractivity contribution is 6.24. The third-order valence-corrected chi connectivity index (χ3v) is 14.6. The first kappa shape index (κ1) is 41.3. The molecule has 0 saturated heterocycles. The quantitative estimate of drug-likeness (QED) is 0.144. The maximum atomic E-state index is 5.52. The number of fused-ring (bicyclic) bond motifs is 8. The van der Waals surface area contributed by atoms with Gasteiger partial charge >= 0.3 is 0 Å². The van der Waals surface area contributed by atoms with Crippen LogP contribution in [0, 0.1) is 6.92 Å². The second-order valence-corrected chi connectivity index (χ2v) is 18.5. The Morgan fingerprint density at radius 1 is 0.386 bits per heavy atom. The normalized spacial score (nSPS) is 12.5. The summed E-state index contributed by atoms with van der Waals surface area (Å²) in [6.45, 7) is 2.13. The van der Waals surface area contributed by atoms with Crippen LogP contribution in [-0.4, -0.2) is 11.7 Å². The summed E-state index contributed by atoms with van der Waals surface area (Å²) in [6.07, 6.45) is 0. The van der Waals surface area contributed by atoms with E-state index in [1.54, 1.807) is 7.11 Å². The maximum Gasteiger partial charge on any atom is 0.119 e. The van der Waals surface area contributed by atoms with E-state index in [1.165, 1.54) is 82.6 Å². The number of aromatic nitrogens is 1. The van der Waals surface area contributed by atoms with Crippen molar-refractivity contribution in [2.75, 3.05) is 12.0 Å². The average Bonchev–Trinajstić information content (AvgIpc) is 3.93. The lowest BCUT2D eigenvalue weighted by molar-refractivity contribution is 0.415. The standard InChI is InChI=1S/C67H48N2O/c1-45-28-34-51(35-29-45)68(52-36-39-55(70-2)40-37-52)53-21-15-16-48(42-53)46-30-32-47(33-31-46)61-44-65-66(59-24-10-9-22-56(59)61)60-25-12-14-27-64(60)69(65)54-38-41-58-57-23-11-13-26-62(57)67(63(58)43-54,49-17-5-3-6-18-49)50-19-7-4-8-20-50/h3-44H,1-2H3. The average molecular weight is 897 g/mol. The first-order valence-corrected chi connectivity index (χ1v) is 24.1. The Bertz CT molecular complexity index is 3870. The number of benzene rings is 11. The number of hydrogen-bond acceptors (Lipinski definition) is 2. The number of hydrogen-bond donors (Lipinski definition) is 0. The van der Waals surface area contributed by atoms with Gasteiger partial charge in [0.1, 0.15) is 5.75 Å². The lowest BCUT2D eigenvalue weighted by Crippen LogP contribution is -2.28. The predicted molar refractivity (Wildman–Crippen MR) is 292 cm³/mol. The Kier molecular flexibility index (Phi) is 9.85. The van der Waals surface area contributed by atoms with Gasteiger partial charge in [0, 0.05) is 33.5 Å². The van der Waals surface area contributed by atoms with Crippen molar-refractivity contribution in [3.8, 4) is 44.8 Å². The van der Waals surface area contributed by atoms with Gasteiger partial charge in [-0.05, 0) is 146 Å². The molecule has 0 radical (unpaired) electrons. The predicted octanol–water partition coefficient (Wildman–Crippen LogP) is 17.4. The molecule has 0 atom stereocenters. The molecule has 0 spiro atoms. The zero-order valence-electron chi connectivity index (χ0n) is 39.1. The smallest absolute Gasteiger partial charge is 0.119 e. The molecule has 0 amide bonds. The third-order valence-electron chi connectivity index (χ3n) is 14.6. The molecule has 332 valence electrons. The SMILES string of the molecule is COc1ccc(N(c2ccc(C)cc2)c2cccc(-c3ccc(-c4cc5c(c6ccccc46)c4ccccc4n5-c4ccc5c(c4)C(c4ccccc4)(c4ccccc4)c4ccccc4-5)cc3)c2)cc1. The van der Waals surface area contributed by atoms with Crippen molar-refractivity contribution in [2.45, 2.75) is 12.3 Å². The largest absolute Gasteiger partial charge is 0.497 e. The third kappa shape index (κ3) is 6.50. The molecular formula is C67H48N2O. The number of nitrogens with zero attached hydrogens (tertiary/aromatic N) is 2. The molecule has 3 heteroatoms. The molecular weight excluding hydrogens is 849 g/mol. The van der Waals surface area contributed by atoms with Crippen molar-refractivity contribution in [3.05, 3.63) is 283 Å². The van der Waals surface area contributed by atoms with Gasteiger partial charge in [0.05, 0.1) is 23.6 Å². The molecule has 0 aliphatic heterocycles. The number of anilines is 3. The van der Waals surface area contributed by atoms with Crippen LogP contribution in [0.5, 0.6) is 5.75 Å². The van der Waals surface area contributed by atoms with E-state index in [0.29, 0.717) is 0 Å². The van der Waals surface area contributed by atoms with Crippen LogP contribution in [0.4, 0.5) is 17.1 Å². The number of rotatable bonds is 9. The molecule has 11 aromatic carbocycles. The molecule has 0 bridgehead atoms. The van der Waals surface area contributed by atoms with Crippen molar-refractivity contribution >= 4 is 49.6 Å². The zero-order valence-corrected chi connectivity index (χ0v) is 39.1. The summed E-state index contributed by atoms with van der Waals surface area (Å²) in [5.74, 6) is 0.832. The Morgan fingerprint density at radius 2 is 0.986 bits per heavy atom. The molecule has 0 N–H and O–H groups in total. The number of aryl methyl sites for hydroxylation is 1. The summed E-state index contributed by atoms with van der Waals surface area (Å²) in [6, 6.07) is 93.6. The summed E-state index contributed by atoms with van der Waals surface area (Å²) in [5.41, 5.74) is 19.8. The van der Waals surface area contributed by atoms with Crippen molar-refractivity contribution in [1.82, 2.24) is 4.57 Å². The van der Waals surface area contributed by atoms with Crippen molar-refractivity contribution in [3.63, 3.8) is 0 Å². The van der Waals surface area contributed by atoms with Gasteiger partial charge in [-0.1, -0.05) is 188 Å². The number of methoxy groups -OCH3 is 1. The number of para-hydroxylation sites is 1. The minimum atomic E-state index is -0.503. The van der Waals surface area contributed by atoms with E-state index in [1.807, 2.05) is 12.1 Å². The van der Waals surface area contributed by atoms with Gasteiger partial charge < -0.3 is 14.2 Å². The Balaban J connectivity index is 0.965. The molecule has 1 aromatic heterocycles. The summed E-state index contributed by atoms with van der Waals surface area (Å²) >= 11 is 0. The lowest BCUT2D eigenvalue weighted by Gasteiger charge is -2.34. The number of ether oxygens (including phenoxy) is 1. The molecule has 0 saturated carbocycles. The zero-order chi connectivity index (χ0) is 46.8. The van der Waals surface area contributed by atoms with Crippen molar-refractivity contribution < 1.29 is 4.74 Å². The lowest BCUT2D eigenvalue weighted by atomic mass is 9.67. The highest BCUT2D eigenvalue weighted by atomic mass is 16.5. The van der Waals surface area contributed by atoms with Crippen LogP contribution in [0.25, 0.3) is 71.6 Å². The van der Waals surface area contributed by atoms with Crippen LogP contribution in [0.1, 0.15) is 27.8 Å². The Hall–Kier alpha value is -8.92. The fraction of sp³-hybridized carbons (Fsp3) is 0.0448. The molecule has 70 heavy (non-hydrogen) atoms. The first-order chi connectivity index (χ1) is 34.6. The summed E-state index contributed by atoms with van der Waals surface area (Å²) in [7, 11) is 1.71. The van der Waals surface area contributed by atoms with E-state index >= 15 is 0 Å². The molecule has 13 rings (SSSR count). The van der Waals surface area contributed by atoms with Crippen LogP contribution >= 0.6 is 0 Å². The van der Waals surface area contributed by atoms with Crippen LogP contribution < -0.4 is 9.64 Å². The van der Waals surface area contributed by atoms with Gasteiger partial charge in [0.25, 0.3) is 0 Å². The summed E-state index contributed by atoms with van der Waals surface area (Å²) in [4.78, 5) is 2.31. The monoisotopic (exact) mass is 896 g/mol. The Labute approximate surface area is 408 Å². The second-order valence-electron chi connectivity index (χ2n) is 18.5. The van der Waals surface area contributed by atoms with Crippen LogP contribution in [0.15, 0.2) is 255 Å². The van der Waals surface area contributed by atoms with E-state index in [4.69, 9.17) is 4.74 Å². The van der Waals surface area contributed by atoms with Crippen molar-refractivity contribution in [2.24, 2.45) is 0 Å². The van der Waals surface area contributed by atoms with Gasteiger partial charge in [0.2, 0.25) is 0 Å². The second kappa shape index (κ2) is 16.7. The highest BCUT2D eigenvalue weighted by Crippen LogP contribution is 2.57. The van der Waals surface area contributed by atoms with E-state index < -0.39 is 5.41 Å².